The third-order valence-electron chi connectivity index (χ3n) is 5.94. The topological polar surface area (TPSA) is 55.6 Å². The van der Waals surface area contributed by atoms with Crippen molar-refractivity contribution in [2.24, 2.45) is 0 Å². The molecule has 148 valence electrons. The van der Waals surface area contributed by atoms with Gasteiger partial charge in [-0.15, -0.1) is 0 Å². The molecule has 28 heavy (non-hydrogen) atoms. The van der Waals surface area contributed by atoms with Gasteiger partial charge in [0.2, 0.25) is 0 Å². The Balaban J connectivity index is 1.56. The maximum absolute atomic E-state index is 9.41. The summed E-state index contributed by atoms with van der Waals surface area (Å²) in [5, 5.41) is 10.5. The smallest absolute Gasteiger partial charge is 0.101 e. The fourth-order valence-corrected chi connectivity index (χ4v) is 4.58. The average Bonchev–Trinajstić information content (AvgIpc) is 2.69. The van der Waals surface area contributed by atoms with E-state index in [1.54, 1.807) is 6.20 Å². The average molecular weight is 380 g/mol. The molecule has 0 radical (unpaired) electrons. The molecule has 0 saturated carbocycles. The second kappa shape index (κ2) is 8.04. The Labute approximate surface area is 167 Å². The van der Waals surface area contributed by atoms with Crippen LogP contribution in [0.4, 0.5) is 5.69 Å². The number of aromatic nitrogens is 1. The number of hydrogen-bond donors (Lipinski definition) is 0. The molecule has 1 unspecified atom stereocenters. The van der Waals surface area contributed by atoms with E-state index < -0.39 is 0 Å². The zero-order valence-electron chi connectivity index (χ0n) is 17.0. The highest BCUT2D eigenvalue weighted by molar-refractivity contribution is 5.95. The Kier molecular flexibility index (Phi) is 5.49. The lowest BCUT2D eigenvalue weighted by Gasteiger charge is -2.44. The first-order chi connectivity index (χ1) is 13.5. The fraction of sp³-hybridized carbons (Fsp3) is 0.545. The monoisotopic (exact) mass is 379 g/mol. The number of likely N-dealkylation sites (N-methyl/N-ethyl adjacent to an activating group) is 1. The van der Waals surface area contributed by atoms with Crippen molar-refractivity contribution < 1.29 is 4.74 Å². The zero-order chi connectivity index (χ0) is 19.7. The van der Waals surface area contributed by atoms with Gasteiger partial charge in [-0.2, -0.15) is 5.26 Å². The van der Waals surface area contributed by atoms with E-state index in [1.165, 1.54) is 0 Å². The number of piperazine rings is 1. The van der Waals surface area contributed by atoms with Gasteiger partial charge in [0.1, 0.15) is 6.07 Å². The molecule has 2 aromatic rings. The number of pyridine rings is 1. The minimum Gasteiger partial charge on any atom is -0.370 e. The first-order valence-corrected chi connectivity index (χ1v) is 10.2. The molecule has 1 aromatic carbocycles. The number of anilines is 1. The fourth-order valence-electron chi connectivity index (χ4n) is 4.58. The second-order valence-electron chi connectivity index (χ2n) is 8.22. The van der Waals surface area contributed by atoms with Crippen molar-refractivity contribution >= 4 is 16.6 Å². The van der Waals surface area contributed by atoms with Gasteiger partial charge in [0, 0.05) is 62.6 Å². The van der Waals surface area contributed by atoms with Gasteiger partial charge in [-0.3, -0.25) is 9.88 Å². The first kappa shape index (κ1) is 19.1. The molecule has 0 spiro atoms. The number of ether oxygens (including phenoxy) is 1. The number of hydrogen-bond acceptors (Lipinski definition) is 6. The largest absolute Gasteiger partial charge is 0.370 e. The predicted molar refractivity (Wildman–Crippen MR) is 112 cm³/mol. The molecule has 4 rings (SSSR count). The van der Waals surface area contributed by atoms with E-state index in [0.29, 0.717) is 11.6 Å². The van der Waals surface area contributed by atoms with Crippen LogP contribution in [0.3, 0.4) is 0 Å². The van der Waals surface area contributed by atoms with Crippen LogP contribution in [0.5, 0.6) is 0 Å². The molecular formula is C22H29N5O. The lowest BCUT2D eigenvalue weighted by Crippen LogP contribution is -2.56. The Morgan fingerprint density at radius 3 is 2.82 bits per heavy atom. The van der Waals surface area contributed by atoms with Crippen LogP contribution in [0.25, 0.3) is 10.9 Å². The van der Waals surface area contributed by atoms with Gasteiger partial charge in [0.15, 0.2) is 0 Å². The lowest BCUT2D eigenvalue weighted by molar-refractivity contribution is -0.0449. The highest BCUT2D eigenvalue weighted by Gasteiger charge is 2.30. The molecule has 1 aromatic heterocycles. The van der Waals surface area contributed by atoms with E-state index in [1.807, 2.05) is 12.1 Å². The molecule has 6 nitrogen and oxygen atoms in total. The molecule has 2 fully saturated rings. The van der Waals surface area contributed by atoms with Crippen molar-refractivity contribution in [2.45, 2.75) is 32.1 Å². The van der Waals surface area contributed by atoms with Crippen molar-refractivity contribution in [1.82, 2.24) is 14.8 Å². The highest BCUT2D eigenvalue weighted by Crippen LogP contribution is 2.30. The molecule has 3 heterocycles. The SMILES string of the molecule is CC1CN(C)CCN1C[C@H]1CN(c2ccc(C#N)c3ncccc23)C[C@@H](C)O1. The van der Waals surface area contributed by atoms with Crippen molar-refractivity contribution in [2.75, 3.05) is 51.2 Å². The Morgan fingerprint density at radius 1 is 1.18 bits per heavy atom. The molecule has 0 bridgehead atoms. The van der Waals surface area contributed by atoms with E-state index in [2.05, 4.69) is 58.8 Å². The summed E-state index contributed by atoms with van der Waals surface area (Å²) >= 11 is 0. The summed E-state index contributed by atoms with van der Waals surface area (Å²) in [7, 11) is 2.19. The molecule has 0 aliphatic carbocycles. The number of nitriles is 1. The third kappa shape index (κ3) is 3.83. The predicted octanol–water partition coefficient (Wildman–Crippen LogP) is 2.34. The number of benzene rings is 1. The van der Waals surface area contributed by atoms with E-state index in [4.69, 9.17) is 4.74 Å². The molecule has 2 aliphatic rings. The second-order valence-corrected chi connectivity index (χ2v) is 8.22. The van der Waals surface area contributed by atoms with Crippen LogP contribution in [-0.4, -0.2) is 79.3 Å². The molecule has 2 saturated heterocycles. The summed E-state index contributed by atoms with van der Waals surface area (Å²) in [6.45, 7) is 10.4. The normalized spacial score (nSPS) is 27.1. The molecular weight excluding hydrogens is 350 g/mol. The molecule has 6 heteroatoms. The minimum absolute atomic E-state index is 0.170. The van der Waals surface area contributed by atoms with Gasteiger partial charge in [0.05, 0.1) is 23.3 Å². The zero-order valence-corrected chi connectivity index (χ0v) is 17.0. The van der Waals surface area contributed by atoms with Crippen LogP contribution in [0, 0.1) is 11.3 Å². The Bertz CT molecular complexity index is 879. The Morgan fingerprint density at radius 2 is 2.04 bits per heavy atom. The number of rotatable bonds is 3. The number of morpholine rings is 1. The minimum atomic E-state index is 0.170. The van der Waals surface area contributed by atoms with Crippen LogP contribution in [0.1, 0.15) is 19.4 Å². The van der Waals surface area contributed by atoms with Crippen LogP contribution >= 0.6 is 0 Å². The van der Waals surface area contributed by atoms with Crippen LogP contribution < -0.4 is 4.90 Å². The summed E-state index contributed by atoms with van der Waals surface area (Å²) in [5.41, 5.74) is 2.56. The molecule has 2 aliphatic heterocycles. The summed E-state index contributed by atoms with van der Waals surface area (Å²) in [6.07, 6.45) is 2.10. The van der Waals surface area contributed by atoms with Crippen molar-refractivity contribution in [3.05, 3.63) is 36.0 Å². The number of fused-ring (bicyclic) bond motifs is 1. The van der Waals surface area contributed by atoms with E-state index in [-0.39, 0.29) is 12.2 Å². The summed E-state index contributed by atoms with van der Waals surface area (Å²) < 4.78 is 6.31. The Hall–Kier alpha value is -2.20. The highest BCUT2D eigenvalue weighted by atomic mass is 16.5. The van der Waals surface area contributed by atoms with Crippen LogP contribution in [0.15, 0.2) is 30.5 Å². The van der Waals surface area contributed by atoms with E-state index in [0.717, 1.165) is 55.9 Å². The van der Waals surface area contributed by atoms with Gasteiger partial charge in [0.25, 0.3) is 0 Å². The third-order valence-corrected chi connectivity index (χ3v) is 5.94. The summed E-state index contributed by atoms with van der Waals surface area (Å²) in [5.74, 6) is 0. The van der Waals surface area contributed by atoms with Crippen LogP contribution in [-0.2, 0) is 4.74 Å². The summed E-state index contributed by atoms with van der Waals surface area (Å²) in [6, 6.07) is 10.8. The lowest BCUT2D eigenvalue weighted by atomic mass is 10.1. The number of nitrogens with zero attached hydrogens (tertiary/aromatic N) is 5. The van der Waals surface area contributed by atoms with Crippen molar-refractivity contribution in [3.8, 4) is 6.07 Å². The van der Waals surface area contributed by atoms with Gasteiger partial charge in [-0.1, -0.05) is 0 Å². The standard InChI is InChI=1S/C22H29N5O/c1-16-12-25(3)9-10-26(16)14-19-15-27(13-17(2)28-19)21-7-6-18(11-23)22-20(21)5-4-8-24-22/h4-8,16-17,19H,9-10,12-15H2,1-3H3/t16?,17-,19+/m1/s1. The molecule has 0 N–H and O–H groups in total. The van der Waals surface area contributed by atoms with Gasteiger partial charge in [-0.25, -0.2) is 0 Å². The summed E-state index contributed by atoms with van der Waals surface area (Å²) in [4.78, 5) is 11.8. The van der Waals surface area contributed by atoms with Crippen molar-refractivity contribution in [1.29, 1.82) is 5.26 Å². The maximum Gasteiger partial charge on any atom is 0.101 e. The molecule has 0 amide bonds. The van der Waals surface area contributed by atoms with E-state index in [9.17, 15) is 5.26 Å². The van der Waals surface area contributed by atoms with E-state index >= 15 is 0 Å². The van der Waals surface area contributed by atoms with Gasteiger partial charge in [-0.05, 0) is 45.2 Å². The van der Waals surface area contributed by atoms with Gasteiger partial charge < -0.3 is 14.5 Å². The first-order valence-electron chi connectivity index (χ1n) is 10.2. The van der Waals surface area contributed by atoms with Gasteiger partial charge >= 0.3 is 0 Å². The maximum atomic E-state index is 9.41. The van der Waals surface area contributed by atoms with Crippen LogP contribution in [0.2, 0.25) is 0 Å². The molecule has 3 atom stereocenters. The van der Waals surface area contributed by atoms with Crippen molar-refractivity contribution in [3.63, 3.8) is 0 Å². The quantitative estimate of drug-likeness (QED) is 0.816.